The van der Waals surface area contributed by atoms with Crippen LogP contribution in [0.1, 0.15) is 41.5 Å². The molecular weight excluding hydrogens is 441 g/mol. The Kier molecular flexibility index (Phi) is 5.87. The van der Waals surface area contributed by atoms with E-state index in [0.29, 0.717) is 53.8 Å². The number of nitrogens with zero attached hydrogens (tertiary/aromatic N) is 5. The van der Waals surface area contributed by atoms with Crippen molar-refractivity contribution in [3.05, 3.63) is 30.5 Å². The number of amides is 1. The topological polar surface area (TPSA) is 89.8 Å². The van der Waals surface area contributed by atoms with Crippen LogP contribution < -0.4 is 4.90 Å². The van der Waals surface area contributed by atoms with Gasteiger partial charge in [-0.1, -0.05) is 0 Å². The van der Waals surface area contributed by atoms with Crippen molar-refractivity contribution in [2.24, 2.45) is 0 Å². The van der Waals surface area contributed by atoms with Crippen LogP contribution in [0.3, 0.4) is 0 Å². The van der Waals surface area contributed by atoms with Crippen LogP contribution in [0.2, 0.25) is 0 Å². The number of piperazine rings is 1. The third-order valence-corrected chi connectivity index (χ3v) is 5.31. The van der Waals surface area contributed by atoms with Gasteiger partial charge in [0, 0.05) is 43.1 Å². The van der Waals surface area contributed by atoms with E-state index in [1.165, 1.54) is 4.57 Å². The third kappa shape index (κ3) is 4.90. The highest BCUT2D eigenvalue weighted by Gasteiger charge is 2.28. The predicted molar refractivity (Wildman–Crippen MR) is 127 cm³/mol. The van der Waals surface area contributed by atoms with Crippen LogP contribution in [-0.2, 0) is 9.47 Å². The van der Waals surface area contributed by atoms with Gasteiger partial charge in [0.2, 0.25) is 0 Å². The highest BCUT2D eigenvalue weighted by Crippen LogP contribution is 2.31. The summed E-state index contributed by atoms with van der Waals surface area (Å²) in [4.78, 5) is 36.7. The molecule has 10 heteroatoms. The van der Waals surface area contributed by atoms with Gasteiger partial charge in [0.05, 0.1) is 11.0 Å². The number of hydrogen-bond acceptors (Lipinski definition) is 7. The fourth-order valence-corrected chi connectivity index (χ4v) is 3.91. The van der Waals surface area contributed by atoms with Gasteiger partial charge in [-0.25, -0.2) is 14.6 Å². The number of rotatable bonds is 1. The van der Waals surface area contributed by atoms with Crippen molar-refractivity contribution >= 4 is 39.8 Å². The highest BCUT2D eigenvalue weighted by molar-refractivity contribution is 6.09. The largest absolute Gasteiger partial charge is 0.444 e. The molecule has 182 valence electrons. The van der Waals surface area contributed by atoms with Crippen LogP contribution >= 0.6 is 0 Å². The van der Waals surface area contributed by atoms with Gasteiger partial charge in [0.25, 0.3) is 0 Å². The number of benzene rings is 1. The first kappa shape index (κ1) is 23.7. The lowest BCUT2D eigenvalue weighted by molar-refractivity contribution is 0.0240. The number of anilines is 1. The average Bonchev–Trinajstić information content (AvgIpc) is 3.16. The minimum atomic E-state index is -0.852. The van der Waals surface area contributed by atoms with E-state index >= 15 is 0 Å². The lowest BCUT2D eigenvalue weighted by atomic mass is 10.1. The van der Waals surface area contributed by atoms with E-state index in [1.54, 1.807) is 50.1 Å². The molecule has 0 radical (unpaired) electrons. The third-order valence-electron chi connectivity index (χ3n) is 5.31. The molecular formula is C24H30FN5O4. The Balaban J connectivity index is 1.63. The molecule has 9 nitrogen and oxygen atoms in total. The van der Waals surface area contributed by atoms with E-state index in [1.807, 2.05) is 25.7 Å². The fourth-order valence-electron chi connectivity index (χ4n) is 3.91. The second-order valence-electron chi connectivity index (χ2n) is 10.3. The SMILES string of the molecule is CC(C)(C)OC(=O)N1CCN(c2nc(F)nc3c2ccc2c3ccn2C(=O)OC(C)(C)C)CC1. The Bertz CT molecular complexity index is 1250. The lowest BCUT2D eigenvalue weighted by Gasteiger charge is -2.36. The normalized spacial score (nSPS) is 15.1. The molecule has 3 aromatic rings. The summed E-state index contributed by atoms with van der Waals surface area (Å²) < 4.78 is 26.8. The molecule has 2 aromatic heterocycles. The summed E-state index contributed by atoms with van der Waals surface area (Å²) in [6.07, 6.45) is -0.141. The summed E-state index contributed by atoms with van der Waals surface area (Å²) in [5, 5.41) is 1.29. The number of aromatic nitrogens is 3. The molecule has 0 unspecified atom stereocenters. The van der Waals surface area contributed by atoms with Gasteiger partial charge in [-0.2, -0.15) is 9.37 Å². The number of ether oxygens (including phenoxy) is 2. The molecule has 1 aliphatic heterocycles. The molecule has 4 rings (SSSR count). The molecule has 1 aromatic carbocycles. The Hall–Kier alpha value is -3.43. The predicted octanol–water partition coefficient (Wildman–Crippen LogP) is 4.56. The minimum absolute atomic E-state index is 0.365. The van der Waals surface area contributed by atoms with Gasteiger partial charge >= 0.3 is 18.3 Å². The van der Waals surface area contributed by atoms with Gasteiger partial charge in [0.15, 0.2) is 0 Å². The molecule has 0 aliphatic carbocycles. The zero-order valence-corrected chi connectivity index (χ0v) is 20.4. The molecule has 1 aliphatic rings. The zero-order chi connectivity index (χ0) is 24.8. The second-order valence-corrected chi connectivity index (χ2v) is 10.3. The fraction of sp³-hybridized carbons (Fsp3) is 0.500. The Labute approximate surface area is 197 Å². The van der Waals surface area contributed by atoms with Gasteiger partial charge in [-0.05, 0) is 59.7 Å². The van der Waals surface area contributed by atoms with E-state index in [-0.39, 0.29) is 6.09 Å². The quantitative estimate of drug-likeness (QED) is 0.481. The lowest BCUT2D eigenvalue weighted by Crippen LogP contribution is -2.50. The van der Waals surface area contributed by atoms with Crippen molar-refractivity contribution in [3.8, 4) is 0 Å². The van der Waals surface area contributed by atoms with Crippen molar-refractivity contribution in [1.29, 1.82) is 0 Å². The maximum absolute atomic E-state index is 14.5. The zero-order valence-electron chi connectivity index (χ0n) is 20.4. The van der Waals surface area contributed by atoms with E-state index in [9.17, 15) is 14.0 Å². The van der Waals surface area contributed by atoms with Crippen molar-refractivity contribution in [3.63, 3.8) is 0 Å². The summed E-state index contributed by atoms with van der Waals surface area (Å²) in [5.41, 5.74) is -0.230. The van der Waals surface area contributed by atoms with Crippen LogP contribution in [0.15, 0.2) is 24.4 Å². The van der Waals surface area contributed by atoms with Crippen molar-refractivity contribution in [1.82, 2.24) is 19.4 Å². The Morgan fingerprint density at radius 3 is 2.09 bits per heavy atom. The molecule has 0 bridgehead atoms. The first-order valence-corrected chi connectivity index (χ1v) is 11.3. The minimum Gasteiger partial charge on any atom is -0.444 e. The summed E-state index contributed by atoms with van der Waals surface area (Å²) in [6.45, 7) is 12.7. The first-order chi connectivity index (χ1) is 15.8. The van der Waals surface area contributed by atoms with Crippen LogP contribution in [0, 0.1) is 6.08 Å². The summed E-state index contributed by atoms with van der Waals surface area (Å²) in [7, 11) is 0. The second kappa shape index (κ2) is 8.41. The van der Waals surface area contributed by atoms with Crippen LogP contribution in [0.25, 0.3) is 21.8 Å². The van der Waals surface area contributed by atoms with Gasteiger partial charge in [-0.3, -0.25) is 4.57 Å². The molecule has 1 saturated heterocycles. The van der Waals surface area contributed by atoms with Gasteiger partial charge in [-0.15, -0.1) is 0 Å². The molecule has 1 fully saturated rings. The van der Waals surface area contributed by atoms with Gasteiger partial charge < -0.3 is 19.3 Å². The average molecular weight is 472 g/mol. The maximum Gasteiger partial charge on any atom is 0.418 e. The monoisotopic (exact) mass is 471 g/mol. The molecule has 3 heterocycles. The molecule has 0 saturated carbocycles. The molecule has 0 spiro atoms. The molecule has 0 atom stereocenters. The van der Waals surface area contributed by atoms with Crippen LogP contribution in [0.4, 0.5) is 19.8 Å². The summed E-state index contributed by atoms with van der Waals surface area (Å²) in [6, 6.07) is 5.29. The standard InChI is InChI=1S/C24H30FN5O4/c1-23(2,3)33-21(31)29-13-11-28(12-14-29)19-16-7-8-17-15(18(16)26-20(25)27-19)9-10-30(17)22(32)34-24(4,5)6/h7-10H,11-14H2,1-6H3. The molecule has 0 N–H and O–H groups in total. The molecule has 34 heavy (non-hydrogen) atoms. The maximum atomic E-state index is 14.5. The smallest absolute Gasteiger partial charge is 0.418 e. The number of halogens is 1. The first-order valence-electron chi connectivity index (χ1n) is 11.3. The van der Waals surface area contributed by atoms with Crippen molar-refractivity contribution in [2.75, 3.05) is 31.1 Å². The highest BCUT2D eigenvalue weighted by atomic mass is 19.1. The molecule has 1 amide bonds. The van der Waals surface area contributed by atoms with Gasteiger partial charge in [0.1, 0.15) is 17.0 Å². The van der Waals surface area contributed by atoms with E-state index < -0.39 is 23.4 Å². The van der Waals surface area contributed by atoms with Crippen LogP contribution in [0.5, 0.6) is 0 Å². The van der Waals surface area contributed by atoms with E-state index in [2.05, 4.69) is 9.97 Å². The number of carbonyl (C=O) groups excluding carboxylic acids is 2. The van der Waals surface area contributed by atoms with Crippen molar-refractivity contribution < 1.29 is 23.5 Å². The summed E-state index contributed by atoms with van der Waals surface area (Å²) in [5.74, 6) is 0.457. The Morgan fingerprint density at radius 2 is 1.47 bits per heavy atom. The number of carbonyl (C=O) groups is 2. The number of fused-ring (bicyclic) bond motifs is 3. The number of hydrogen-bond donors (Lipinski definition) is 0. The van der Waals surface area contributed by atoms with E-state index in [0.717, 1.165) is 0 Å². The van der Waals surface area contributed by atoms with Crippen molar-refractivity contribution in [2.45, 2.75) is 52.7 Å². The summed E-state index contributed by atoms with van der Waals surface area (Å²) >= 11 is 0. The Morgan fingerprint density at radius 1 is 0.853 bits per heavy atom. The van der Waals surface area contributed by atoms with Crippen LogP contribution in [-0.4, -0.2) is 69.0 Å². The van der Waals surface area contributed by atoms with E-state index in [4.69, 9.17) is 9.47 Å².